The third-order valence-electron chi connectivity index (χ3n) is 5.41. The fourth-order valence-electron chi connectivity index (χ4n) is 3.64. The molecular formula is C21H34N+. The molecule has 0 amide bonds. The first-order valence-corrected chi connectivity index (χ1v) is 9.30. The van der Waals surface area contributed by atoms with Crippen LogP contribution in [0, 0.1) is 0 Å². The third-order valence-corrected chi connectivity index (χ3v) is 5.41. The highest BCUT2D eigenvalue weighted by Crippen LogP contribution is 2.39. The van der Waals surface area contributed by atoms with Gasteiger partial charge >= 0.3 is 0 Å². The Morgan fingerprint density at radius 1 is 0.864 bits per heavy atom. The van der Waals surface area contributed by atoms with E-state index in [1.54, 1.807) is 0 Å². The minimum absolute atomic E-state index is 0.191. The highest BCUT2D eigenvalue weighted by molar-refractivity contribution is 5.93. The van der Waals surface area contributed by atoms with Crippen LogP contribution in [-0.4, -0.2) is 16.8 Å². The predicted molar refractivity (Wildman–Crippen MR) is 97.5 cm³/mol. The van der Waals surface area contributed by atoms with Crippen molar-refractivity contribution in [3.63, 3.8) is 0 Å². The van der Waals surface area contributed by atoms with E-state index < -0.39 is 0 Å². The summed E-state index contributed by atoms with van der Waals surface area (Å²) in [6, 6.07) is 8.94. The lowest BCUT2D eigenvalue weighted by Crippen LogP contribution is -2.26. The van der Waals surface area contributed by atoms with Crippen LogP contribution in [0.5, 0.6) is 0 Å². The Bertz CT molecular complexity index is 510. The Labute approximate surface area is 137 Å². The number of rotatable bonds is 9. The van der Waals surface area contributed by atoms with E-state index in [-0.39, 0.29) is 5.41 Å². The van der Waals surface area contributed by atoms with E-state index in [1.165, 1.54) is 74.9 Å². The van der Waals surface area contributed by atoms with Gasteiger partial charge in [-0.05, 0) is 20.3 Å². The molecule has 122 valence electrons. The summed E-state index contributed by atoms with van der Waals surface area (Å²) in [7, 11) is 0. The molecule has 0 aromatic heterocycles. The van der Waals surface area contributed by atoms with E-state index in [0.717, 1.165) is 0 Å². The second-order valence-corrected chi connectivity index (χ2v) is 7.35. The molecule has 1 aromatic carbocycles. The molecule has 1 heterocycles. The molecule has 0 atom stereocenters. The van der Waals surface area contributed by atoms with Crippen molar-refractivity contribution in [3.8, 4) is 0 Å². The predicted octanol–water partition coefficient (Wildman–Crippen LogP) is 6.22. The van der Waals surface area contributed by atoms with Crippen molar-refractivity contribution in [1.29, 1.82) is 0 Å². The van der Waals surface area contributed by atoms with Crippen molar-refractivity contribution >= 4 is 11.4 Å². The number of unbranched alkanes of at least 4 members (excludes halogenated alkanes) is 7. The van der Waals surface area contributed by atoms with Crippen LogP contribution < -0.4 is 0 Å². The first kappa shape index (κ1) is 17.2. The van der Waals surface area contributed by atoms with Crippen molar-refractivity contribution in [2.24, 2.45) is 0 Å². The minimum Gasteiger partial charge on any atom is -0.199 e. The minimum atomic E-state index is 0.191. The van der Waals surface area contributed by atoms with Gasteiger partial charge in [0, 0.05) is 25.0 Å². The zero-order valence-corrected chi connectivity index (χ0v) is 15.1. The third kappa shape index (κ3) is 3.80. The van der Waals surface area contributed by atoms with Crippen LogP contribution in [0.2, 0.25) is 0 Å². The van der Waals surface area contributed by atoms with Crippen molar-refractivity contribution in [1.82, 2.24) is 0 Å². The Kier molecular flexibility index (Phi) is 6.23. The number of fused-ring (bicyclic) bond motifs is 1. The molecule has 1 aliphatic rings. The van der Waals surface area contributed by atoms with E-state index in [2.05, 4.69) is 56.5 Å². The number of nitrogens with zero attached hydrogens (tertiary/aromatic N) is 1. The normalized spacial score (nSPS) is 16.2. The van der Waals surface area contributed by atoms with Crippen molar-refractivity contribution in [2.75, 3.05) is 6.54 Å². The molecule has 0 aliphatic carbocycles. The van der Waals surface area contributed by atoms with Crippen LogP contribution in [0.1, 0.15) is 84.6 Å². The molecule has 1 heteroatoms. The Balaban J connectivity index is 1.82. The number of benzene rings is 1. The molecular weight excluding hydrogens is 266 g/mol. The molecule has 0 N–H and O–H groups in total. The van der Waals surface area contributed by atoms with Crippen molar-refractivity contribution in [2.45, 2.75) is 84.5 Å². The van der Waals surface area contributed by atoms with Gasteiger partial charge in [-0.15, -0.1) is 0 Å². The summed E-state index contributed by atoms with van der Waals surface area (Å²) < 4.78 is 2.56. The van der Waals surface area contributed by atoms with Gasteiger partial charge in [-0.3, -0.25) is 0 Å². The molecule has 0 radical (unpaired) electrons. The first-order chi connectivity index (χ1) is 10.6. The lowest BCUT2D eigenvalue weighted by molar-refractivity contribution is -0.439. The molecule has 1 aliphatic heterocycles. The lowest BCUT2D eigenvalue weighted by Gasteiger charge is -2.14. The highest BCUT2D eigenvalue weighted by Gasteiger charge is 2.42. The molecule has 0 fully saturated rings. The van der Waals surface area contributed by atoms with Gasteiger partial charge in [0.15, 0.2) is 5.71 Å². The maximum absolute atomic E-state index is 2.56. The highest BCUT2D eigenvalue weighted by atomic mass is 15.1. The Morgan fingerprint density at radius 3 is 2.14 bits per heavy atom. The summed E-state index contributed by atoms with van der Waals surface area (Å²) in [5, 5.41) is 0. The average molecular weight is 301 g/mol. The maximum Gasteiger partial charge on any atom is 0.209 e. The van der Waals surface area contributed by atoms with Gasteiger partial charge in [-0.2, -0.15) is 4.58 Å². The van der Waals surface area contributed by atoms with Gasteiger partial charge in [0.1, 0.15) is 6.54 Å². The number of para-hydroxylation sites is 1. The maximum atomic E-state index is 2.56. The molecule has 0 spiro atoms. The summed E-state index contributed by atoms with van der Waals surface area (Å²) >= 11 is 0. The monoisotopic (exact) mass is 300 g/mol. The van der Waals surface area contributed by atoms with Crippen LogP contribution in [-0.2, 0) is 5.41 Å². The van der Waals surface area contributed by atoms with Crippen LogP contribution in [0.25, 0.3) is 0 Å². The summed E-state index contributed by atoms with van der Waals surface area (Å²) in [5.74, 6) is 0. The zero-order valence-electron chi connectivity index (χ0n) is 15.1. The van der Waals surface area contributed by atoms with Crippen LogP contribution >= 0.6 is 0 Å². The van der Waals surface area contributed by atoms with E-state index in [9.17, 15) is 0 Å². The Morgan fingerprint density at radius 2 is 1.45 bits per heavy atom. The van der Waals surface area contributed by atoms with Crippen molar-refractivity contribution in [3.05, 3.63) is 29.8 Å². The van der Waals surface area contributed by atoms with E-state index in [1.807, 2.05) is 0 Å². The summed E-state index contributed by atoms with van der Waals surface area (Å²) in [5.41, 5.74) is 4.63. The van der Waals surface area contributed by atoms with E-state index in [0.29, 0.717) is 0 Å². The molecule has 0 unspecified atom stereocenters. The summed E-state index contributed by atoms with van der Waals surface area (Å²) in [4.78, 5) is 0. The fraction of sp³-hybridized carbons (Fsp3) is 0.667. The second-order valence-electron chi connectivity index (χ2n) is 7.35. The molecule has 22 heavy (non-hydrogen) atoms. The summed E-state index contributed by atoms with van der Waals surface area (Å²) in [6.07, 6.45) is 11.1. The Hall–Kier alpha value is -1.11. The van der Waals surface area contributed by atoms with E-state index in [4.69, 9.17) is 0 Å². The largest absolute Gasteiger partial charge is 0.209 e. The molecule has 1 aromatic rings. The number of hydrogen-bond acceptors (Lipinski definition) is 0. The van der Waals surface area contributed by atoms with E-state index >= 15 is 0 Å². The second kappa shape index (κ2) is 7.94. The molecule has 2 rings (SSSR count). The van der Waals surface area contributed by atoms with Crippen molar-refractivity contribution < 1.29 is 4.58 Å². The average Bonchev–Trinajstić information content (AvgIpc) is 2.71. The quantitative estimate of drug-likeness (QED) is 0.376. The van der Waals surface area contributed by atoms with Gasteiger partial charge < -0.3 is 0 Å². The molecule has 0 bridgehead atoms. The zero-order chi connectivity index (χ0) is 16.0. The first-order valence-electron chi connectivity index (χ1n) is 9.30. The van der Waals surface area contributed by atoms with Gasteiger partial charge in [0.2, 0.25) is 5.69 Å². The summed E-state index contributed by atoms with van der Waals surface area (Å²) in [6.45, 7) is 10.5. The standard InChI is InChI=1S/C21H34N/c1-5-6-7-8-9-10-11-14-17-22-18(2)21(3,4)19-15-12-13-16-20(19)22/h12-13,15-16H,5-11,14,17H2,1-4H3/q+1. The molecule has 0 saturated heterocycles. The smallest absolute Gasteiger partial charge is 0.199 e. The SMILES string of the molecule is CCCCCCCCCC[N+]1=C(C)C(C)(C)c2ccccc21. The van der Waals surface area contributed by atoms with Crippen LogP contribution in [0.4, 0.5) is 5.69 Å². The number of hydrogen-bond donors (Lipinski definition) is 0. The molecule has 0 saturated carbocycles. The molecule has 1 nitrogen and oxygen atoms in total. The topological polar surface area (TPSA) is 3.01 Å². The van der Waals surface area contributed by atoms with Gasteiger partial charge in [-0.1, -0.05) is 63.6 Å². The van der Waals surface area contributed by atoms with Gasteiger partial charge in [0.05, 0.1) is 5.41 Å². The van der Waals surface area contributed by atoms with Gasteiger partial charge in [0.25, 0.3) is 0 Å². The van der Waals surface area contributed by atoms with Crippen LogP contribution in [0.3, 0.4) is 0 Å². The van der Waals surface area contributed by atoms with Gasteiger partial charge in [-0.25, -0.2) is 0 Å². The fourth-order valence-corrected chi connectivity index (χ4v) is 3.64. The van der Waals surface area contributed by atoms with Crippen LogP contribution in [0.15, 0.2) is 24.3 Å². The lowest BCUT2D eigenvalue weighted by atomic mass is 9.82.